The third kappa shape index (κ3) is 5.36. The van der Waals surface area contributed by atoms with Gasteiger partial charge >= 0.3 is 6.09 Å². The molecule has 0 spiro atoms. The standard InChI is InChI=1S/C24H32N2O6/c1-23(2,3)10-17-11-24(17,32-22(25)27)14-31-18-7-16(12-26-13-18)15-8-19(28-4)21(30-6)20(9-15)29-5/h7-9,12-13,17H,10-11,14H2,1-6H3,(H2,25,27). The van der Waals surface area contributed by atoms with Crippen LogP contribution in [-0.4, -0.2) is 44.6 Å². The maximum atomic E-state index is 11.5. The number of nitrogens with zero attached hydrogens (tertiary/aromatic N) is 1. The quantitative estimate of drug-likeness (QED) is 0.610. The van der Waals surface area contributed by atoms with Crippen molar-refractivity contribution in [2.45, 2.75) is 39.2 Å². The van der Waals surface area contributed by atoms with Crippen molar-refractivity contribution in [3.8, 4) is 34.1 Å². The average molecular weight is 445 g/mol. The monoisotopic (exact) mass is 444 g/mol. The van der Waals surface area contributed by atoms with Gasteiger partial charge in [0.2, 0.25) is 5.75 Å². The fourth-order valence-corrected chi connectivity index (χ4v) is 4.00. The van der Waals surface area contributed by atoms with Crippen LogP contribution in [0.5, 0.6) is 23.0 Å². The van der Waals surface area contributed by atoms with E-state index in [4.69, 9.17) is 29.4 Å². The van der Waals surface area contributed by atoms with E-state index in [0.717, 1.165) is 24.0 Å². The SMILES string of the molecule is COc1cc(-c2cncc(OCC3(OC(N)=O)CC3CC(C)(C)C)c2)cc(OC)c1OC. The summed E-state index contributed by atoms with van der Waals surface area (Å²) in [6.45, 7) is 6.70. The van der Waals surface area contributed by atoms with Gasteiger partial charge in [-0.3, -0.25) is 4.98 Å². The lowest BCUT2D eigenvalue weighted by atomic mass is 9.89. The van der Waals surface area contributed by atoms with Gasteiger partial charge in [0.05, 0.1) is 27.5 Å². The van der Waals surface area contributed by atoms with Gasteiger partial charge in [0.15, 0.2) is 17.1 Å². The van der Waals surface area contributed by atoms with Crippen LogP contribution in [0.15, 0.2) is 30.6 Å². The van der Waals surface area contributed by atoms with Crippen molar-refractivity contribution < 1.29 is 28.5 Å². The first-order valence-corrected chi connectivity index (χ1v) is 10.5. The third-order valence-electron chi connectivity index (χ3n) is 5.53. The van der Waals surface area contributed by atoms with Crippen molar-refractivity contribution in [2.24, 2.45) is 17.1 Å². The molecule has 0 bridgehead atoms. The van der Waals surface area contributed by atoms with Gasteiger partial charge in [0.1, 0.15) is 12.4 Å². The molecule has 2 unspecified atom stereocenters. The second-order valence-electron chi connectivity index (χ2n) is 9.26. The number of primary amides is 1. The van der Waals surface area contributed by atoms with Crippen LogP contribution in [0.4, 0.5) is 4.79 Å². The van der Waals surface area contributed by atoms with Crippen LogP contribution >= 0.6 is 0 Å². The minimum atomic E-state index is -0.783. The van der Waals surface area contributed by atoms with Gasteiger partial charge in [-0.25, -0.2) is 4.79 Å². The Hall–Kier alpha value is -3.16. The molecule has 8 heteroatoms. The molecule has 3 rings (SSSR count). The van der Waals surface area contributed by atoms with Gasteiger partial charge in [-0.2, -0.15) is 0 Å². The molecule has 1 heterocycles. The molecule has 1 aliphatic carbocycles. The van der Waals surface area contributed by atoms with Gasteiger partial charge in [0.25, 0.3) is 0 Å². The van der Waals surface area contributed by atoms with Crippen molar-refractivity contribution in [1.82, 2.24) is 4.98 Å². The molecule has 1 aliphatic rings. The van der Waals surface area contributed by atoms with Crippen molar-refractivity contribution in [1.29, 1.82) is 0 Å². The molecular weight excluding hydrogens is 412 g/mol. The molecule has 1 aromatic heterocycles. The van der Waals surface area contributed by atoms with Crippen molar-refractivity contribution in [3.05, 3.63) is 30.6 Å². The Morgan fingerprint density at radius 2 is 1.72 bits per heavy atom. The number of ether oxygens (including phenoxy) is 5. The highest BCUT2D eigenvalue weighted by Crippen LogP contribution is 2.52. The highest BCUT2D eigenvalue weighted by molar-refractivity contribution is 5.71. The van der Waals surface area contributed by atoms with E-state index < -0.39 is 11.7 Å². The number of carbonyl (C=O) groups excluding carboxylic acids is 1. The van der Waals surface area contributed by atoms with Crippen LogP contribution in [-0.2, 0) is 4.74 Å². The van der Waals surface area contributed by atoms with Crippen molar-refractivity contribution in [3.63, 3.8) is 0 Å². The summed E-state index contributed by atoms with van der Waals surface area (Å²) in [5.41, 5.74) is 6.39. The molecule has 1 aromatic carbocycles. The normalized spacial score (nSPS) is 19.8. The van der Waals surface area contributed by atoms with Crippen LogP contribution in [0.1, 0.15) is 33.6 Å². The first kappa shape index (κ1) is 23.5. The van der Waals surface area contributed by atoms with Crippen LogP contribution in [0.3, 0.4) is 0 Å². The molecule has 1 saturated carbocycles. The molecule has 1 amide bonds. The molecule has 32 heavy (non-hydrogen) atoms. The fraction of sp³-hybridized carbons (Fsp3) is 0.500. The Kier molecular flexibility index (Phi) is 6.71. The number of hydrogen-bond donors (Lipinski definition) is 1. The fourth-order valence-electron chi connectivity index (χ4n) is 4.00. The maximum Gasteiger partial charge on any atom is 0.405 e. The van der Waals surface area contributed by atoms with E-state index >= 15 is 0 Å². The molecule has 2 atom stereocenters. The topological polar surface area (TPSA) is 102 Å². The number of carbonyl (C=O) groups is 1. The van der Waals surface area contributed by atoms with Crippen molar-refractivity contribution >= 4 is 6.09 Å². The van der Waals surface area contributed by atoms with Gasteiger partial charge in [-0.1, -0.05) is 20.8 Å². The summed E-state index contributed by atoms with van der Waals surface area (Å²) in [6.07, 6.45) is 4.21. The smallest absolute Gasteiger partial charge is 0.405 e. The number of methoxy groups -OCH3 is 3. The summed E-state index contributed by atoms with van der Waals surface area (Å²) < 4.78 is 27.8. The average Bonchev–Trinajstić information content (AvgIpc) is 3.39. The van der Waals surface area contributed by atoms with E-state index in [1.54, 1.807) is 33.7 Å². The predicted octanol–water partition coefficient (Wildman–Crippen LogP) is 4.44. The highest BCUT2D eigenvalue weighted by Gasteiger charge is 2.59. The zero-order valence-corrected chi connectivity index (χ0v) is 19.6. The molecular formula is C24H32N2O6. The summed E-state index contributed by atoms with van der Waals surface area (Å²) >= 11 is 0. The number of rotatable bonds is 9. The van der Waals surface area contributed by atoms with Crippen LogP contribution in [0.2, 0.25) is 0 Å². The summed E-state index contributed by atoms with van der Waals surface area (Å²) in [7, 11) is 4.70. The van der Waals surface area contributed by atoms with E-state index in [-0.39, 0.29) is 17.9 Å². The first-order chi connectivity index (χ1) is 15.1. The lowest BCUT2D eigenvalue weighted by Gasteiger charge is -2.22. The van der Waals surface area contributed by atoms with Gasteiger partial charge in [-0.15, -0.1) is 0 Å². The molecule has 1 fully saturated rings. The zero-order valence-electron chi connectivity index (χ0n) is 19.6. The lowest BCUT2D eigenvalue weighted by Crippen LogP contribution is -2.32. The van der Waals surface area contributed by atoms with Gasteiger partial charge < -0.3 is 29.4 Å². The number of pyridine rings is 1. The molecule has 2 N–H and O–H groups in total. The van der Waals surface area contributed by atoms with Crippen LogP contribution in [0.25, 0.3) is 11.1 Å². The Balaban J connectivity index is 1.80. The van der Waals surface area contributed by atoms with E-state index in [1.807, 2.05) is 18.2 Å². The van der Waals surface area contributed by atoms with E-state index in [9.17, 15) is 4.79 Å². The summed E-state index contributed by atoms with van der Waals surface area (Å²) in [5.74, 6) is 2.38. The molecule has 0 aliphatic heterocycles. The van der Waals surface area contributed by atoms with E-state index in [2.05, 4.69) is 25.8 Å². The maximum absolute atomic E-state index is 11.5. The zero-order chi connectivity index (χ0) is 23.5. The first-order valence-electron chi connectivity index (χ1n) is 10.5. The molecule has 0 radical (unpaired) electrons. The van der Waals surface area contributed by atoms with Crippen LogP contribution < -0.4 is 24.7 Å². The number of nitrogens with two attached hydrogens (primary N) is 1. The number of aromatic nitrogens is 1. The number of benzene rings is 1. The predicted molar refractivity (Wildman–Crippen MR) is 120 cm³/mol. The van der Waals surface area contributed by atoms with E-state index in [1.165, 1.54) is 0 Å². The molecule has 0 saturated heterocycles. The lowest BCUT2D eigenvalue weighted by molar-refractivity contribution is 0.0385. The molecule has 8 nitrogen and oxygen atoms in total. The Morgan fingerprint density at radius 1 is 1.06 bits per heavy atom. The summed E-state index contributed by atoms with van der Waals surface area (Å²) in [6, 6.07) is 5.56. The Labute approximate surface area is 189 Å². The second-order valence-corrected chi connectivity index (χ2v) is 9.26. The second kappa shape index (κ2) is 9.14. The summed E-state index contributed by atoms with van der Waals surface area (Å²) in [5, 5.41) is 0. The third-order valence-corrected chi connectivity index (χ3v) is 5.53. The number of hydrogen-bond acceptors (Lipinski definition) is 7. The van der Waals surface area contributed by atoms with Gasteiger partial charge in [-0.05, 0) is 42.0 Å². The Bertz CT molecular complexity index is 946. The Morgan fingerprint density at radius 3 is 2.25 bits per heavy atom. The molecule has 2 aromatic rings. The van der Waals surface area contributed by atoms with Crippen molar-refractivity contribution in [2.75, 3.05) is 27.9 Å². The summed E-state index contributed by atoms with van der Waals surface area (Å²) in [4.78, 5) is 15.8. The minimum Gasteiger partial charge on any atom is -0.493 e. The van der Waals surface area contributed by atoms with E-state index in [0.29, 0.717) is 23.0 Å². The highest BCUT2D eigenvalue weighted by atomic mass is 16.6. The minimum absolute atomic E-state index is 0.112. The number of amides is 1. The van der Waals surface area contributed by atoms with Crippen LogP contribution in [0, 0.1) is 11.3 Å². The molecule has 174 valence electrons. The van der Waals surface area contributed by atoms with Gasteiger partial charge in [0, 0.05) is 17.7 Å². The largest absolute Gasteiger partial charge is 0.493 e.